The largest absolute Gasteiger partial charge is 0.356 e. The highest BCUT2D eigenvalue weighted by atomic mass is 32.2. The molecule has 1 fully saturated rings. The second kappa shape index (κ2) is 7.74. The summed E-state index contributed by atoms with van der Waals surface area (Å²) in [5, 5.41) is 6.17. The second-order valence-electron chi connectivity index (χ2n) is 5.02. The number of hydrogen-bond donors (Lipinski definition) is 2. The Hall–Kier alpha value is -0.620. The topological polar surface area (TPSA) is 75.3 Å². The zero-order chi connectivity index (χ0) is 13.4. The van der Waals surface area contributed by atoms with Crippen molar-refractivity contribution in [1.82, 2.24) is 10.6 Å². The molecule has 0 aromatic rings. The van der Waals surface area contributed by atoms with Crippen LogP contribution in [0.25, 0.3) is 0 Å². The molecule has 1 atom stereocenters. The fourth-order valence-electron chi connectivity index (χ4n) is 2.13. The first kappa shape index (κ1) is 15.4. The number of sulfone groups is 1. The summed E-state index contributed by atoms with van der Waals surface area (Å²) in [5.41, 5.74) is 0. The number of amides is 1. The Labute approximate surface area is 110 Å². The third-order valence-corrected chi connectivity index (χ3v) is 4.18. The van der Waals surface area contributed by atoms with Gasteiger partial charge in [-0.1, -0.05) is 6.42 Å². The Morgan fingerprint density at radius 1 is 1.39 bits per heavy atom. The fraction of sp³-hybridized carbons (Fsp3) is 0.917. The van der Waals surface area contributed by atoms with Crippen molar-refractivity contribution in [2.24, 2.45) is 0 Å². The summed E-state index contributed by atoms with van der Waals surface area (Å²) in [7, 11) is -2.91. The van der Waals surface area contributed by atoms with Gasteiger partial charge in [0, 0.05) is 25.3 Å². The highest BCUT2D eigenvalue weighted by Gasteiger charge is 2.13. The third-order valence-electron chi connectivity index (χ3n) is 3.15. The predicted molar refractivity (Wildman–Crippen MR) is 72.2 cm³/mol. The van der Waals surface area contributed by atoms with Gasteiger partial charge in [0.05, 0.1) is 5.75 Å². The molecular weight excluding hydrogens is 252 g/mol. The summed E-state index contributed by atoms with van der Waals surface area (Å²) in [6, 6.07) is 0.473. The minimum absolute atomic E-state index is 0.0240. The molecule has 106 valence electrons. The molecule has 5 nitrogen and oxygen atoms in total. The van der Waals surface area contributed by atoms with Crippen LogP contribution in [0.2, 0.25) is 0 Å². The average Bonchev–Trinajstić information content (AvgIpc) is 2.32. The first-order valence-electron chi connectivity index (χ1n) is 6.65. The molecule has 0 aliphatic carbocycles. The SMILES string of the molecule is CS(=O)(=O)CCCNC(=O)CCC1CCCCN1. The standard InChI is InChI=1S/C12H24N2O3S/c1-18(16,17)10-4-9-14-12(15)7-6-11-5-2-3-8-13-11/h11,13H,2-10H2,1H3,(H,14,15). The molecule has 0 spiro atoms. The van der Waals surface area contributed by atoms with Crippen LogP contribution in [-0.2, 0) is 14.6 Å². The lowest BCUT2D eigenvalue weighted by Gasteiger charge is -2.23. The number of piperidine rings is 1. The first-order valence-corrected chi connectivity index (χ1v) is 8.71. The van der Waals surface area contributed by atoms with Gasteiger partial charge >= 0.3 is 0 Å². The van der Waals surface area contributed by atoms with E-state index in [-0.39, 0.29) is 11.7 Å². The second-order valence-corrected chi connectivity index (χ2v) is 7.28. The highest BCUT2D eigenvalue weighted by molar-refractivity contribution is 7.90. The maximum absolute atomic E-state index is 11.5. The number of carbonyl (C=O) groups excluding carboxylic acids is 1. The molecule has 0 saturated carbocycles. The molecule has 18 heavy (non-hydrogen) atoms. The normalized spacial score (nSPS) is 20.6. The number of rotatable bonds is 7. The van der Waals surface area contributed by atoms with Crippen molar-refractivity contribution >= 4 is 15.7 Å². The van der Waals surface area contributed by atoms with Crippen LogP contribution in [0.1, 0.15) is 38.5 Å². The zero-order valence-corrected chi connectivity index (χ0v) is 11.9. The van der Waals surface area contributed by atoms with Crippen LogP contribution in [0.5, 0.6) is 0 Å². The summed E-state index contributed by atoms with van der Waals surface area (Å²) < 4.78 is 21.8. The van der Waals surface area contributed by atoms with Gasteiger partial charge in [0.2, 0.25) is 5.91 Å². The van der Waals surface area contributed by atoms with E-state index in [0.29, 0.717) is 25.4 Å². The molecule has 0 aromatic heterocycles. The fourth-order valence-corrected chi connectivity index (χ4v) is 2.79. The Bertz CT molecular complexity index is 348. The lowest BCUT2D eigenvalue weighted by atomic mass is 10.0. The van der Waals surface area contributed by atoms with Gasteiger partial charge in [-0.25, -0.2) is 8.42 Å². The van der Waals surface area contributed by atoms with E-state index in [1.54, 1.807) is 0 Å². The zero-order valence-electron chi connectivity index (χ0n) is 11.1. The average molecular weight is 276 g/mol. The van der Waals surface area contributed by atoms with E-state index in [9.17, 15) is 13.2 Å². The van der Waals surface area contributed by atoms with Gasteiger partial charge in [-0.2, -0.15) is 0 Å². The quantitative estimate of drug-likeness (QED) is 0.662. The molecule has 1 rings (SSSR count). The van der Waals surface area contributed by atoms with Crippen molar-refractivity contribution in [2.45, 2.75) is 44.6 Å². The predicted octanol–water partition coefficient (Wildman–Crippen LogP) is 0.460. The Morgan fingerprint density at radius 3 is 2.78 bits per heavy atom. The molecule has 1 aliphatic rings. The smallest absolute Gasteiger partial charge is 0.220 e. The van der Waals surface area contributed by atoms with Crippen LogP contribution in [0.3, 0.4) is 0 Å². The summed E-state index contributed by atoms with van der Waals surface area (Å²) in [6.45, 7) is 1.50. The molecule has 0 radical (unpaired) electrons. The van der Waals surface area contributed by atoms with Crippen LogP contribution in [0, 0.1) is 0 Å². The van der Waals surface area contributed by atoms with Crippen LogP contribution in [0.4, 0.5) is 0 Å². The molecule has 6 heteroatoms. The minimum Gasteiger partial charge on any atom is -0.356 e. The molecular formula is C12H24N2O3S. The third kappa shape index (κ3) is 7.66. The molecule has 1 heterocycles. The van der Waals surface area contributed by atoms with E-state index in [1.165, 1.54) is 19.1 Å². The molecule has 1 amide bonds. The van der Waals surface area contributed by atoms with E-state index in [4.69, 9.17) is 0 Å². The summed E-state index contributed by atoms with van der Waals surface area (Å²) in [5.74, 6) is 0.160. The van der Waals surface area contributed by atoms with E-state index >= 15 is 0 Å². The molecule has 0 aromatic carbocycles. The van der Waals surface area contributed by atoms with E-state index in [0.717, 1.165) is 19.4 Å². The summed E-state index contributed by atoms with van der Waals surface area (Å²) >= 11 is 0. The monoisotopic (exact) mass is 276 g/mol. The van der Waals surface area contributed by atoms with Crippen LogP contribution in [0.15, 0.2) is 0 Å². The van der Waals surface area contributed by atoms with Gasteiger partial charge in [-0.05, 0) is 32.2 Å². The molecule has 0 bridgehead atoms. The van der Waals surface area contributed by atoms with Gasteiger partial charge in [-0.15, -0.1) is 0 Å². The summed E-state index contributed by atoms with van der Waals surface area (Å²) in [4.78, 5) is 11.5. The van der Waals surface area contributed by atoms with Crippen molar-refractivity contribution in [1.29, 1.82) is 0 Å². The van der Waals surface area contributed by atoms with Gasteiger partial charge in [0.25, 0.3) is 0 Å². The lowest BCUT2D eigenvalue weighted by Crippen LogP contribution is -2.35. The van der Waals surface area contributed by atoms with Crippen molar-refractivity contribution < 1.29 is 13.2 Å². The van der Waals surface area contributed by atoms with E-state index < -0.39 is 9.84 Å². The Kier molecular flexibility index (Phi) is 6.63. The van der Waals surface area contributed by atoms with Gasteiger partial charge in [-0.3, -0.25) is 4.79 Å². The van der Waals surface area contributed by atoms with Crippen molar-refractivity contribution in [3.05, 3.63) is 0 Å². The van der Waals surface area contributed by atoms with Crippen molar-refractivity contribution in [3.63, 3.8) is 0 Å². The van der Waals surface area contributed by atoms with Gasteiger partial charge < -0.3 is 10.6 Å². The van der Waals surface area contributed by atoms with Crippen LogP contribution >= 0.6 is 0 Å². The minimum atomic E-state index is -2.91. The van der Waals surface area contributed by atoms with Crippen molar-refractivity contribution in [3.8, 4) is 0 Å². The van der Waals surface area contributed by atoms with E-state index in [1.807, 2.05) is 0 Å². The number of nitrogens with one attached hydrogen (secondary N) is 2. The van der Waals surface area contributed by atoms with Gasteiger partial charge in [0.1, 0.15) is 9.84 Å². The first-order chi connectivity index (χ1) is 8.47. The Morgan fingerprint density at radius 2 is 2.17 bits per heavy atom. The van der Waals surface area contributed by atoms with Crippen LogP contribution < -0.4 is 10.6 Å². The molecule has 1 aliphatic heterocycles. The lowest BCUT2D eigenvalue weighted by molar-refractivity contribution is -0.121. The van der Waals surface area contributed by atoms with Crippen LogP contribution in [-0.4, -0.2) is 45.5 Å². The number of hydrogen-bond acceptors (Lipinski definition) is 4. The molecule has 1 saturated heterocycles. The Balaban J connectivity index is 2.03. The summed E-state index contributed by atoms with van der Waals surface area (Å²) in [6.07, 6.45) is 6.73. The molecule has 2 N–H and O–H groups in total. The molecule has 1 unspecified atom stereocenters. The maximum Gasteiger partial charge on any atom is 0.220 e. The van der Waals surface area contributed by atoms with E-state index in [2.05, 4.69) is 10.6 Å². The maximum atomic E-state index is 11.5. The van der Waals surface area contributed by atoms with Gasteiger partial charge in [0.15, 0.2) is 0 Å². The van der Waals surface area contributed by atoms with Crippen molar-refractivity contribution in [2.75, 3.05) is 25.1 Å². The highest BCUT2D eigenvalue weighted by Crippen LogP contribution is 2.11. The number of carbonyl (C=O) groups is 1.